The molecule has 4 heteroatoms. The van der Waals surface area contributed by atoms with E-state index in [1.165, 1.54) is 18.7 Å². The smallest absolute Gasteiger partial charge is 0.165 e. The van der Waals surface area contributed by atoms with E-state index in [2.05, 4.69) is 17.2 Å². The third-order valence-electron chi connectivity index (χ3n) is 3.58. The Labute approximate surface area is 118 Å². The van der Waals surface area contributed by atoms with Gasteiger partial charge < -0.3 is 10.1 Å². The number of hydrogen-bond donors (Lipinski definition) is 1. The van der Waals surface area contributed by atoms with Crippen molar-refractivity contribution >= 4 is 0 Å². The van der Waals surface area contributed by atoms with Gasteiger partial charge in [-0.3, -0.25) is 4.98 Å². The summed E-state index contributed by atoms with van der Waals surface area (Å²) in [6.45, 7) is 2.13. The van der Waals surface area contributed by atoms with E-state index in [9.17, 15) is 4.39 Å². The fraction of sp³-hybridized carbons (Fsp3) is 0.312. The van der Waals surface area contributed by atoms with Gasteiger partial charge in [0.2, 0.25) is 0 Å². The van der Waals surface area contributed by atoms with E-state index in [1.807, 2.05) is 19.2 Å². The van der Waals surface area contributed by atoms with E-state index in [0.717, 1.165) is 5.56 Å². The first kappa shape index (κ1) is 14.5. The Morgan fingerprint density at radius 2 is 1.85 bits per heavy atom. The van der Waals surface area contributed by atoms with Gasteiger partial charge in [-0.1, -0.05) is 13.0 Å². The second-order valence-electron chi connectivity index (χ2n) is 4.73. The third-order valence-corrected chi connectivity index (χ3v) is 3.58. The molecule has 3 nitrogen and oxygen atoms in total. The molecule has 0 saturated carbocycles. The molecule has 0 aliphatic heterocycles. The molecule has 2 aromatic rings. The molecule has 20 heavy (non-hydrogen) atoms. The number of nitrogens with one attached hydrogen (secondary N) is 1. The number of nitrogens with zero attached hydrogens (tertiary/aromatic N) is 1. The van der Waals surface area contributed by atoms with E-state index in [4.69, 9.17) is 4.74 Å². The molecule has 2 rings (SSSR count). The van der Waals surface area contributed by atoms with E-state index in [0.29, 0.717) is 0 Å². The van der Waals surface area contributed by atoms with Crippen LogP contribution in [0.25, 0.3) is 0 Å². The van der Waals surface area contributed by atoms with Gasteiger partial charge in [-0.05, 0) is 42.4 Å². The summed E-state index contributed by atoms with van der Waals surface area (Å²) in [5.74, 6) is 0.158. The lowest BCUT2D eigenvalue weighted by molar-refractivity contribution is 0.384. The quantitative estimate of drug-likeness (QED) is 0.908. The summed E-state index contributed by atoms with van der Waals surface area (Å²) >= 11 is 0. The van der Waals surface area contributed by atoms with Gasteiger partial charge in [-0.2, -0.15) is 0 Å². The zero-order chi connectivity index (χ0) is 14.5. The van der Waals surface area contributed by atoms with Gasteiger partial charge in [0.1, 0.15) is 0 Å². The average Bonchev–Trinajstić information content (AvgIpc) is 2.50. The van der Waals surface area contributed by atoms with Crippen molar-refractivity contribution < 1.29 is 9.13 Å². The molecule has 0 fully saturated rings. The number of aromatic nitrogens is 1. The maximum atomic E-state index is 13.5. The van der Waals surface area contributed by atoms with E-state index in [-0.39, 0.29) is 23.5 Å². The van der Waals surface area contributed by atoms with Crippen molar-refractivity contribution in [3.63, 3.8) is 0 Å². The van der Waals surface area contributed by atoms with Gasteiger partial charge in [0.05, 0.1) is 7.11 Å². The minimum absolute atomic E-state index is 0.0758. The van der Waals surface area contributed by atoms with Gasteiger partial charge in [0.15, 0.2) is 11.6 Å². The van der Waals surface area contributed by atoms with Crippen LogP contribution < -0.4 is 10.1 Å². The number of benzene rings is 1. The number of ether oxygens (including phenoxy) is 1. The lowest BCUT2D eigenvalue weighted by Gasteiger charge is -2.24. The Morgan fingerprint density at radius 3 is 2.45 bits per heavy atom. The topological polar surface area (TPSA) is 34.1 Å². The molecular formula is C16H19FN2O. The van der Waals surface area contributed by atoms with Crippen molar-refractivity contribution in [3.8, 4) is 5.75 Å². The van der Waals surface area contributed by atoms with Crippen molar-refractivity contribution in [3.05, 3.63) is 59.7 Å². The summed E-state index contributed by atoms with van der Waals surface area (Å²) in [6, 6.07) is 9.04. The Balaban J connectivity index is 2.32. The second kappa shape index (κ2) is 6.48. The number of methoxy groups -OCH3 is 1. The Morgan fingerprint density at radius 1 is 1.15 bits per heavy atom. The Bertz CT molecular complexity index is 560. The van der Waals surface area contributed by atoms with Gasteiger partial charge in [-0.25, -0.2) is 4.39 Å². The number of rotatable bonds is 5. The lowest BCUT2D eigenvalue weighted by Crippen LogP contribution is -2.22. The first-order valence-electron chi connectivity index (χ1n) is 6.58. The zero-order valence-electron chi connectivity index (χ0n) is 11.9. The largest absolute Gasteiger partial charge is 0.494 e. The Kier molecular flexibility index (Phi) is 4.69. The van der Waals surface area contributed by atoms with Crippen LogP contribution in [0.3, 0.4) is 0 Å². The van der Waals surface area contributed by atoms with Crippen LogP contribution in [-0.2, 0) is 0 Å². The number of halogens is 1. The summed E-state index contributed by atoms with van der Waals surface area (Å²) in [6.07, 6.45) is 3.56. The fourth-order valence-corrected chi connectivity index (χ4v) is 2.43. The molecule has 1 heterocycles. The molecule has 0 aliphatic rings. The molecule has 1 N–H and O–H groups in total. The highest BCUT2D eigenvalue weighted by atomic mass is 19.1. The molecule has 0 amide bonds. The fourth-order valence-electron chi connectivity index (χ4n) is 2.43. The molecule has 2 atom stereocenters. The van der Waals surface area contributed by atoms with Crippen molar-refractivity contribution in [1.29, 1.82) is 0 Å². The minimum atomic E-state index is -0.345. The van der Waals surface area contributed by atoms with Crippen molar-refractivity contribution in [1.82, 2.24) is 10.3 Å². The van der Waals surface area contributed by atoms with Crippen molar-refractivity contribution in [2.75, 3.05) is 14.2 Å². The van der Waals surface area contributed by atoms with Crippen molar-refractivity contribution in [2.45, 2.75) is 18.9 Å². The first-order valence-corrected chi connectivity index (χ1v) is 6.58. The predicted molar refractivity (Wildman–Crippen MR) is 77.4 cm³/mol. The van der Waals surface area contributed by atoms with Gasteiger partial charge in [-0.15, -0.1) is 0 Å². The highest BCUT2D eigenvalue weighted by Crippen LogP contribution is 2.32. The molecule has 0 spiro atoms. The average molecular weight is 274 g/mol. The summed E-state index contributed by atoms with van der Waals surface area (Å²) in [4.78, 5) is 4.03. The number of hydrogen-bond acceptors (Lipinski definition) is 3. The molecule has 2 unspecified atom stereocenters. The highest BCUT2D eigenvalue weighted by Gasteiger charge is 2.20. The molecule has 1 aromatic heterocycles. The van der Waals surface area contributed by atoms with Crippen LogP contribution in [0.1, 0.15) is 30.0 Å². The molecule has 0 radical (unpaired) electrons. The minimum Gasteiger partial charge on any atom is -0.494 e. The molecule has 0 bridgehead atoms. The van der Waals surface area contributed by atoms with Crippen LogP contribution in [0.4, 0.5) is 4.39 Å². The van der Waals surface area contributed by atoms with Crippen LogP contribution >= 0.6 is 0 Å². The van der Waals surface area contributed by atoms with Crippen molar-refractivity contribution in [2.24, 2.45) is 0 Å². The zero-order valence-corrected chi connectivity index (χ0v) is 11.9. The molecule has 0 aliphatic carbocycles. The number of pyridine rings is 1. The van der Waals surface area contributed by atoms with Crippen LogP contribution in [0.5, 0.6) is 5.75 Å². The summed E-state index contributed by atoms with van der Waals surface area (Å²) in [5.41, 5.74) is 2.18. The second-order valence-corrected chi connectivity index (χ2v) is 4.73. The normalized spacial score (nSPS) is 13.8. The maximum Gasteiger partial charge on any atom is 0.165 e. The van der Waals surface area contributed by atoms with Crippen LogP contribution in [0.15, 0.2) is 42.7 Å². The van der Waals surface area contributed by atoms with E-state index in [1.54, 1.807) is 24.5 Å². The first-order chi connectivity index (χ1) is 9.67. The van der Waals surface area contributed by atoms with Gasteiger partial charge in [0.25, 0.3) is 0 Å². The maximum absolute atomic E-state index is 13.5. The monoisotopic (exact) mass is 274 g/mol. The van der Waals surface area contributed by atoms with Gasteiger partial charge >= 0.3 is 0 Å². The van der Waals surface area contributed by atoms with Crippen LogP contribution in [-0.4, -0.2) is 19.1 Å². The third kappa shape index (κ3) is 2.96. The molecule has 0 saturated heterocycles. The molecule has 106 valence electrons. The van der Waals surface area contributed by atoms with Crippen LogP contribution in [0.2, 0.25) is 0 Å². The summed E-state index contributed by atoms with van der Waals surface area (Å²) in [5, 5.41) is 3.29. The highest BCUT2D eigenvalue weighted by molar-refractivity contribution is 5.34. The van der Waals surface area contributed by atoms with E-state index >= 15 is 0 Å². The standard InChI is InChI=1S/C16H19FN2O/c1-11(12-6-8-19-9-7-12)16(18-2)13-4-5-14(17)15(10-13)20-3/h4-11,16,18H,1-3H3. The number of likely N-dealkylation sites (N-methyl/N-ethyl adjacent to an activating group) is 1. The Hall–Kier alpha value is -1.94. The SMILES string of the molecule is CNC(c1ccc(F)c(OC)c1)C(C)c1ccncc1. The van der Waals surface area contributed by atoms with Crippen LogP contribution in [0, 0.1) is 5.82 Å². The van der Waals surface area contributed by atoms with Gasteiger partial charge in [0, 0.05) is 24.4 Å². The van der Waals surface area contributed by atoms with E-state index < -0.39 is 0 Å². The predicted octanol–water partition coefficient (Wildman–Crippen LogP) is 3.29. The lowest BCUT2D eigenvalue weighted by atomic mass is 9.89. The summed E-state index contributed by atoms with van der Waals surface area (Å²) < 4.78 is 18.6. The molecule has 1 aromatic carbocycles. The summed E-state index contributed by atoms with van der Waals surface area (Å²) in [7, 11) is 3.38. The molecular weight excluding hydrogens is 255 g/mol.